The molecule has 0 radical (unpaired) electrons. The maximum absolute atomic E-state index is 13.9. The summed E-state index contributed by atoms with van der Waals surface area (Å²) in [4.78, 5) is 25.4. The van der Waals surface area contributed by atoms with Gasteiger partial charge in [0.25, 0.3) is 5.91 Å². The minimum absolute atomic E-state index is 0.324. The van der Waals surface area contributed by atoms with Gasteiger partial charge in [0.2, 0.25) is 5.91 Å². The molecule has 6 nitrogen and oxygen atoms in total. The molecule has 0 fully saturated rings. The molecule has 0 aliphatic carbocycles. The highest BCUT2D eigenvalue weighted by atomic mass is 79.9. The average molecular weight is 497 g/mol. The van der Waals surface area contributed by atoms with Crippen LogP contribution in [-0.4, -0.2) is 31.1 Å². The predicted molar refractivity (Wildman–Crippen MR) is 114 cm³/mol. The monoisotopic (exact) mass is 496 g/mol. The topological polar surface area (TPSA) is 76.7 Å². The molecule has 0 saturated heterocycles. The van der Waals surface area contributed by atoms with E-state index in [-0.39, 0.29) is 5.92 Å². The zero-order chi connectivity index (χ0) is 22.7. The van der Waals surface area contributed by atoms with Gasteiger partial charge in [-0.1, -0.05) is 35.8 Å². The molecule has 9 heteroatoms. The maximum Gasteiger partial charge on any atom is 0.257 e. The first-order valence-electron chi connectivity index (χ1n) is 9.83. The third kappa shape index (κ3) is 5.15. The summed E-state index contributed by atoms with van der Waals surface area (Å²) in [6.07, 6.45) is 0. The van der Waals surface area contributed by atoms with Crippen molar-refractivity contribution in [2.45, 2.75) is 32.9 Å². The highest BCUT2D eigenvalue weighted by molar-refractivity contribution is 9.10. The molecular weight excluding hydrogens is 474 g/mol. The van der Waals surface area contributed by atoms with Crippen molar-refractivity contribution in [3.05, 3.63) is 57.6 Å². The fourth-order valence-corrected chi connectivity index (χ4v) is 3.92. The van der Waals surface area contributed by atoms with Gasteiger partial charge < -0.3 is 20.1 Å². The van der Waals surface area contributed by atoms with Gasteiger partial charge in [0, 0.05) is 4.47 Å². The number of fused-ring (bicyclic) bond motifs is 1. The summed E-state index contributed by atoms with van der Waals surface area (Å²) in [5, 5.41) is 5.29. The van der Waals surface area contributed by atoms with Gasteiger partial charge in [-0.15, -0.1) is 0 Å². The molecule has 2 aromatic carbocycles. The number of benzene rings is 2. The number of halogens is 3. The fourth-order valence-electron chi connectivity index (χ4n) is 3.26. The van der Waals surface area contributed by atoms with Crippen LogP contribution in [0.25, 0.3) is 0 Å². The van der Waals surface area contributed by atoms with E-state index < -0.39 is 41.1 Å². The molecular formula is C22H23BrF2N2O4. The second kappa shape index (κ2) is 9.64. The number of amides is 2. The van der Waals surface area contributed by atoms with Gasteiger partial charge in [-0.25, -0.2) is 8.78 Å². The van der Waals surface area contributed by atoms with Gasteiger partial charge in [0.05, 0.1) is 6.04 Å². The summed E-state index contributed by atoms with van der Waals surface area (Å²) >= 11 is 3.48. The summed E-state index contributed by atoms with van der Waals surface area (Å²) < 4.78 is 39.7. The van der Waals surface area contributed by atoms with Crippen molar-refractivity contribution >= 4 is 27.7 Å². The lowest BCUT2D eigenvalue weighted by molar-refractivity contribution is -0.124. The first-order valence-corrected chi connectivity index (χ1v) is 10.6. The van der Waals surface area contributed by atoms with E-state index >= 15 is 0 Å². The molecule has 1 aliphatic heterocycles. The zero-order valence-corrected chi connectivity index (χ0v) is 18.9. The second-order valence-corrected chi connectivity index (χ2v) is 8.39. The molecule has 2 amide bonds. The van der Waals surface area contributed by atoms with Crippen molar-refractivity contribution in [3.8, 4) is 11.5 Å². The van der Waals surface area contributed by atoms with Crippen molar-refractivity contribution in [1.82, 2.24) is 10.6 Å². The number of rotatable bonds is 6. The lowest BCUT2D eigenvalue weighted by atomic mass is 10.0. The van der Waals surface area contributed by atoms with Crippen molar-refractivity contribution in [3.63, 3.8) is 0 Å². The highest BCUT2D eigenvalue weighted by Crippen LogP contribution is 2.37. The Hall–Kier alpha value is -2.68. The molecule has 1 aliphatic rings. The van der Waals surface area contributed by atoms with Gasteiger partial charge in [0.15, 0.2) is 11.5 Å². The first kappa shape index (κ1) is 23.0. The minimum Gasteiger partial charge on any atom is -0.486 e. The van der Waals surface area contributed by atoms with Crippen LogP contribution in [0.15, 0.2) is 34.8 Å². The molecule has 2 atom stereocenters. The standard InChI is InChI=1S/C22H23BrF2N2O4/c1-11(2)20(27-21(28)19-15(24)5-4-6-16(19)25)22(29)26-12(3)13-9-17-18(10-14(13)23)31-8-7-30-17/h4-6,9-12,20H,7-8H2,1-3H3,(H,26,29)(H,27,28)/t12?,20-/m0/s1. The Morgan fingerprint density at radius 1 is 1.00 bits per heavy atom. The molecule has 0 saturated carbocycles. The molecule has 3 rings (SSSR count). The van der Waals surface area contributed by atoms with E-state index in [4.69, 9.17) is 9.47 Å². The Morgan fingerprint density at radius 3 is 2.16 bits per heavy atom. The number of ether oxygens (including phenoxy) is 2. The highest BCUT2D eigenvalue weighted by Gasteiger charge is 2.29. The van der Waals surface area contributed by atoms with Crippen LogP contribution >= 0.6 is 15.9 Å². The zero-order valence-electron chi connectivity index (χ0n) is 17.3. The summed E-state index contributed by atoms with van der Waals surface area (Å²) in [6.45, 7) is 6.13. The fraction of sp³-hybridized carbons (Fsp3) is 0.364. The van der Waals surface area contributed by atoms with Crippen LogP contribution in [0.3, 0.4) is 0 Å². The molecule has 2 N–H and O–H groups in total. The van der Waals surface area contributed by atoms with E-state index in [1.54, 1.807) is 32.9 Å². The van der Waals surface area contributed by atoms with Crippen LogP contribution in [-0.2, 0) is 4.79 Å². The number of hydrogen-bond acceptors (Lipinski definition) is 4. The number of hydrogen-bond donors (Lipinski definition) is 2. The van der Waals surface area contributed by atoms with E-state index in [0.717, 1.165) is 22.2 Å². The Kier molecular flexibility index (Phi) is 7.15. The third-order valence-corrected chi connectivity index (χ3v) is 5.60. The van der Waals surface area contributed by atoms with Crippen LogP contribution in [0.2, 0.25) is 0 Å². The Morgan fingerprint density at radius 2 is 1.58 bits per heavy atom. The van der Waals surface area contributed by atoms with Crippen molar-refractivity contribution in [2.75, 3.05) is 13.2 Å². The van der Waals surface area contributed by atoms with E-state index in [0.29, 0.717) is 24.7 Å². The Balaban J connectivity index is 1.76. The van der Waals surface area contributed by atoms with Crippen LogP contribution in [0.1, 0.15) is 42.7 Å². The van der Waals surface area contributed by atoms with E-state index in [2.05, 4.69) is 26.6 Å². The van der Waals surface area contributed by atoms with Crippen molar-refractivity contribution in [1.29, 1.82) is 0 Å². The van der Waals surface area contributed by atoms with Gasteiger partial charge >= 0.3 is 0 Å². The van der Waals surface area contributed by atoms with Crippen molar-refractivity contribution < 1.29 is 27.8 Å². The van der Waals surface area contributed by atoms with Gasteiger partial charge in [-0.05, 0) is 42.7 Å². The maximum atomic E-state index is 13.9. The van der Waals surface area contributed by atoms with E-state index in [1.807, 2.05) is 0 Å². The number of carbonyl (C=O) groups is 2. The number of carbonyl (C=O) groups excluding carboxylic acids is 2. The lowest BCUT2D eigenvalue weighted by Gasteiger charge is -2.26. The quantitative estimate of drug-likeness (QED) is 0.630. The van der Waals surface area contributed by atoms with Crippen LogP contribution < -0.4 is 20.1 Å². The molecule has 1 heterocycles. The predicted octanol–water partition coefficient (Wildman–Crippen LogP) is 4.13. The van der Waals surface area contributed by atoms with Gasteiger partial charge in [-0.2, -0.15) is 0 Å². The molecule has 31 heavy (non-hydrogen) atoms. The van der Waals surface area contributed by atoms with Crippen LogP contribution in [0.4, 0.5) is 8.78 Å². The smallest absolute Gasteiger partial charge is 0.257 e. The first-order chi connectivity index (χ1) is 14.7. The molecule has 2 aromatic rings. The summed E-state index contributed by atoms with van der Waals surface area (Å²) in [7, 11) is 0. The third-order valence-electron chi connectivity index (χ3n) is 4.91. The SMILES string of the molecule is CC(NC(=O)[C@@H](NC(=O)c1c(F)cccc1F)C(C)C)c1cc2c(cc1Br)OCCO2. The molecule has 0 bridgehead atoms. The average Bonchev–Trinajstić information content (AvgIpc) is 2.70. The largest absolute Gasteiger partial charge is 0.486 e. The molecule has 0 aromatic heterocycles. The lowest BCUT2D eigenvalue weighted by Crippen LogP contribution is -2.50. The van der Waals surface area contributed by atoms with Crippen LogP contribution in [0.5, 0.6) is 11.5 Å². The van der Waals surface area contributed by atoms with E-state index in [1.165, 1.54) is 6.07 Å². The second-order valence-electron chi connectivity index (χ2n) is 7.54. The molecule has 1 unspecified atom stereocenters. The van der Waals surface area contributed by atoms with Crippen LogP contribution in [0, 0.1) is 17.6 Å². The Bertz CT molecular complexity index is 979. The summed E-state index contributed by atoms with van der Waals surface area (Å²) in [6, 6.07) is 5.26. The van der Waals surface area contributed by atoms with E-state index in [9.17, 15) is 18.4 Å². The normalized spacial score (nSPS) is 14.7. The number of nitrogens with one attached hydrogen (secondary N) is 2. The summed E-state index contributed by atoms with van der Waals surface area (Å²) in [5.74, 6) is -2.58. The van der Waals surface area contributed by atoms with Gasteiger partial charge in [-0.3, -0.25) is 9.59 Å². The Labute approximate surface area is 187 Å². The van der Waals surface area contributed by atoms with Crippen molar-refractivity contribution in [2.24, 2.45) is 5.92 Å². The molecule has 0 spiro atoms. The molecule has 166 valence electrons. The summed E-state index contributed by atoms with van der Waals surface area (Å²) in [5.41, 5.74) is 0.0372. The van der Waals surface area contributed by atoms with Gasteiger partial charge in [0.1, 0.15) is 36.5 Å². The minimum atomic E-state index is -0.995.